The van der Waals surface area contributed by atoms with E-state index < -0.39 is 0 Å². The van der Waals surface area contributed by atoms with Crippen LogP contribution in [0.15, 0.2) is 58.7 Å². The number of aryl methyl sites for hydroxylation is 2. The number of nitrogens with zero attached hydrogens (tertiary/aromatic N) is 2. The lowest BCUT2D eigenvalue weighted by Gasteiger charge is -2.17. The van der Waals surface area contributed by atoms with Crippen LogP contribution in [0.5, 0.6) is 0 Å². The van der Waals surface area contributed by atoms with E-state index in [1.54, 1.807) is 0 Å². The highest BCUT2D eigenvalue weighted by Gasteiger charge is 2.16. The van der Waals surface area contributed by atoms with Crippen LogP contribution < -0.4 is 10.9 Å². The van der Waals surface area contributed by atoms with Gasteiger partial charge >= 0.3 is 0 Å². The van der Waals surface area contributed by atoms with Gasteiger partial charge in [-0.2, -0.15) is 10.2 Å². The molecule has 6 heteroatoms. The van der Waals surface area contributed by atoms with Crippen molar-refractivity contribution in [2.45, 2.75) is 70.6 Å². The molecule has 4 rings (SSSR count). The molecule has 0 spiro atoms. The van der Waals surface area contributed by atoms with Gasteiger partial charge in [0.15, 0.2) is 0 Å². The summed E-state index contributed by atoms with van der Waals surface area (Å²) >= 11 is 0. The van der Waals surface area contributed by atoms with Gasteiger partial charge in [0.05, 0.1) is 11.4 Å². The molecule has 2 aromatic carbocycles. The van der Waals surface area contributed by atoms with Gasteiger partial charge in [-0.05, 0) is 62.5 Å². The van der Waals surface area contributed by atoms with Crippen LogP contribution in [0.3, 0.4) is 0 Å². The molecule has 2 amide bonds. The second-order valence-corrected chi connectivity index (χ2v) is 8.77. The van der Waals surface area contributed by atoms with E-state index in [0.717, 1.165) is 80.3 Å². The molecule has 33 heavy (non-hydrogen) atoms. The Morgan fingerprint density at radius 1 is 0.636 bits per heavy atom. The largest absolute Gasteiger partial charge is 0.273 e. The molecule has 0 aromatic heterocycles. The summed E-state index contributed by atoms with van der Waals surface area (Å²) in [6.45, 7) is 0. The summed E-state index contributed by atoms with van der Waals surface area (Å²) in [7, 11) is 0. The minimum Gasteiger partial charge on any atom is -0.273 e. The van der Waals surface area contributed by atoms with E-state index in [9.17, 15) is 9.59 Å². The highest BCUT2D eigenvalue weighted by Crippen LogP contribution is 2.22. The van der Waals surface area contributed by atoms with Crippen LogP contribution in [0.4, 0.5) is 0 Å². The minimum absolute atomic E-state index is 0.0719. The van der Waals surface area contributed by atoms with E-state index in [1.807, 2.05) is 24.3 Å². The highest BCUT2D eigenvalue weighted by molar-refractivity contribution is 6.03. The average Bonchev–Trinajstić information content (AvgIpc) is 2.86. The van der Waals surface area contributed by atoms with Gasteiger partial charge in [0.2, 0.25) is 11.8 Å². The second kappa shape index (κ2) is 11.5. The Labute approximate surface area is 195 Å². The van der Waals surface area contributed by atoms with Crippen LogP contribution in [0.2, 0.25) is 0 Å². The Kier molecular flexibility index (Phi) is 8.01. The van der Waals surface area contributed by atoms with E-state index >= 15 is 0 Å². The summed E-state index contributed by atoms with van der Waals surface area (Å²) in [5.74, 6) is -0.144. The topological polar surface area (TPSA) is 82.9 Å². The lowest BCUT2D eigenvalue weighted by Crippen LogP contribution is -2.22. The Morgan fingerprint density at radius 2 is 1.09 bits per heavy atom. The number of hydrazone groups is 2. The highest BCUT2D eigenvalue weighted by atomic mass is 16.2. The van der Waals surface area contributed by atoms with Crippen molar-refractivity contribution < 1.29 is 9.59 Å². The number of rotatable bonds is 8. The Morgan fingerprint density at radius 3 is 1.58 bits per heavy atom. The molecule has 2 aromatic rings. The fourth-order valence-corrected chi connectivity index (χ4v) is 4.55. The Bertz CT molecular complexity index is 974. The van der Waals surface area contributed by atoms with E-state index in [4.69, 9.17) is 0 Å². The van der Waals surface area contributed by atoms with Gasteiger partial charge < -0.3 is 0 Å². The summed E-state index contributed by atoms with van der Waals surface area (Å²) in [5.41, 5.74) is 12.2. The van der Waals surface area contributed by atoms with Gasteiger partial charge in [0.25, 0.3) is 0 Å². The summed E-state index contributed by atoms with van der Waals surface area (Å²) in [6.07, 6.45) is 9.16. The first kappa shape index (κ1) is 22.9. The molecule has 172 valence electrons. The molecule has 0 bridgehead atoms. The Hall–Kier alpha value is -3.28. The number of carbonyl (C=O) groups is 2. The molecule has 0 heterocycles. The molecule has 0 saturated carbocycles. The lowest BCUT2D eigenvalue weighted by atomic mass is 9.90. The van der Waals surface area contributed by atoms with Gasteiger partial charge in [0.1, 0.15) is 0 Å². The molecule has 0 radical (unpaired) electrons. The number of fused-ring (bicyclic) bond motifs is 2. The van der Waals surface area contributed by atoms with Crippen LogP contribution in [0, 0.1) is 0 Å². The number of amides is 2. The summed E-state index contributed by atoms with van der Waals surface area (Å²) in [4.78, 5) is 24.3. The molecule has 2 aliphatic rings. The molecule has 2 N–H and O–H groups in total. The number of carbonyl (C=O) groups excluding carboxylic acids is 2. The van der Waals surface area contributed by atoms with Crippen molar-refractivity contribution >= 4 is 23.2 Å². The third kappa shape index (κ3) is 6.37. The minimum atomic E-state index is -0.0719. The first-order chi connectivity index (χ1) is 16.2. The number of nitrogens with one attached hydrogen (secondary N) is 2. The Balaban J connectivity index is 1.14. The quantitative estimate of drug-likeness (QED) is 0.459. The number of unbranched alkanes of at least 4 members (excludes halogenated alkanes) is 2. The van der Waals surface area contributed by atoms with E-state index in [0.29, 0.717) is 12.8 Å². The van der Waals surface area contributed by atoms with Gasteiger partial charge in [0, 0.05) is 24.0 Å². The van der Waals surface area contributed by atoms with Crippen molar-refractivity contribution in [3.63, 3.8) is 0 Å². The van der Waals surface area contributed by atoms with E-state index in [2.05, 4.69) is 45.3 Å². The molecule has 0 atom stereocenters. The van der Waals surface area contributed by atoms with Crippen LogP contribution in [0.25, 0.3) is 0 Å². The third-order valence-electron chi connectivity index (χ3n) is 6.31. The van der Waals surface area contributed by atoms with Crippen molar-refractivity contribution in [3.05, 3.63) is 70.8 Å². The number of benzene rings is 2. The maximum absolute atomic E-state index is 12.2. The fraction of sp³-hybridized carbons (Fsp3) is 0.407. The zero-order chi connectivity index (χ0) is 22.9. The smallest absolute Gasteiger partial charge is 0.240 e. The predicted octanol–water partition coefficient (Wildman–Crippen LogP) is 4.65. The zero-order valence-electron chi connectivity index (χ0n) is 19.1. The molecule has 0 saturated heterocycles. The van der Waals surface area contributed by atoms with Crippen LogP contribution in [-0.2, 0) is 22.4 Å². The average molecular weight is 445 g/mol. The monoisotopic (exact) mass is 444 g/mol. The number of hydrogen-bond acceptors (Lipinski definition) is 4. The third-order valence-corrected chi connectivity index (χ3v) is 6.31. The van der Waals surface area contributed by atoms with Crippen molar-refractivity contribution in [2.24, 2.45) is 10.2 Å². The maximum Gasteiger partial charge on any atom is 0.240 e. The maximum atomic E-state index is 12.2. The predicted molar refractivity (Wildman–Crippen MR) is 131 cm³/mol. The van der Waals surface area contributed by atoms with Gasteiger partial charge in [-0.1, -0.05) is 55.0 Å². The van der Waals surface area contributed by atoms with Crippen molar-refractivity contribution in [1.82, 2.24) is 10.9 Å². The zero-order valence-corrected chi connectivity index (χ0v) is 19.1. The van der Waals surface area contributed by atoms with E-state index in [1.165, 1.54) is 11.1 Å². The van der Waals surface area contributed by atoms with E-state index in [-0.39, 0.29) is 11.8 Å². The standard InChI is InChI=1S/C27H32N4O2/c32-26(30-28-24-16-8-12-20-10-4-6-14-22(20)24)18-2-1-3-19-27(33)31-29-25-17-9-13-21-11-5-7-15-23(21)25/h4-7,10-11,14-15H,1-3,8-9,12-13,16-19H2,(H,30,32)(H,31,33). The van der Waals surface area contributed by atoms with Crippen LogP contribution in [0.1, 0.15) is 80.0 Å². The molecule has 0 fully saturated rings. The molecule has 0 aliphatic heterocycles. The van der Waals surface area contributed by atoms with Crippen molar-refractivity contribution in [3.8, 4) is 0 Å². The summed E-state index contributed by atoms with van der Waals surface area (Å²) in [6, 6.07) is 16.5. The molecular weight excluding hydrogens is 412 g/mol. The number of hydrogen-bond donors (Lipinski definition) is 2. The molecule has 2 aliphatic carbocycles. The molecule has 0 unspecified atom stereocenters. The van der Waals surface area contributed by atoms with Crippen LogP contribution in [-0.4, -0.2) is 23.2 Å². The molecule has 6 nitrogen and oxygen atoms in total. The SMILES string of the molecule is O=C(CCCCCC(=O)NN=C1CCCc2ccccc21)NN=C1CCCc2ccccc21. The van der Waals surface area contributed by atoms with Crippen LogP contribution >= 0.6 is 0 Å². The summed E-state index contributed by atoms with van der Waals surface area (Å²) in [5, 5.41) is 8.75. The van der Waals surface area contributed by atoms with Crippen molar-refractivity contribution in [1.29, 1.82) is 0 Å². The second-order valence-electron chi connectivity index (χ2n) is 8.77. The molecular formula is C27H32N4O2. The first-order valence-electron chi connectivity index (χ1n) is 12.1. The summed E-state index contributed by atoms with van der Waals surface area (Å²) < 4.78 is 0. The lowest BCUT2D eigenvalue weighted by molar-refractivity contribution is -0.121. The van der Waals surface area contributed by atoms with Crippen molar-refractivity contribution in [2.75, 3.05) is 0 Å². The fourth-order valence-electron chi connectivity index (χ4n) is 4.55. The van der Waals surface area contributed by atoms with Gasteiger partial charge in [-0.15, -0.1) is 0 Å². The van der Waals surface area contributed by atoms with Gasteiger partial charge in [-0.3, -0.25) is 9.59 Å². The normalized spacial score (nSPS) is 17.3. The first-order valence-corrected chi connectivity index (χ1v) is 12.1. The van der Waals surface area contributed by atoms with Gasteiger partial charge in [-0.25, -0.2) is 10.9 Å².